The van der Waals surface area contributed by atoms with E-state index in [0.717, 1.165) is 29.6 Å². The number of anilines is 1. The minimum absolute atomic E-state index is 0.0567. The van der Waals surface area contributed by atoms with Crippen molar-refractivity contribution in [1.29, 1.82) is 0 Å². The highest BCUT2D eigenvalue weighted by Gasteiger charge is 2.27. The Bertz CT molecular complexity index is 1360. The van der Waals surface area contributed by atoms with Crippen LogP contribution in [0.4, 0.5) is 5.69 Å². The molecular weight excluding hydrogens is 446 g/mol. The van der Waals surface area contributed by atoms with Crippen LogP contribution in [0.3, 0.4) is 0 Å². The summed E-state index contributed by atoms with van der Waals surface area (Å²) < 4.78 is 28.7. The molecule has 2 aromatic heterocycles. The number of hydrogen-bond acceptors (Lipinski definition) is 6. The SMILES string of the molecule is O=C(Cn1c(-c2cscn2)nc2ccccc21)Nc1ccc(S(=O)(=O)N2CCCC2)cc1. The summed E-state index contributed by atoms with van der Waals surface area (Å²) in [5.41, 5.74) is 4.62. The van der Waals surface area contributed by atoms with Gasteiger partial charge in [-0.2, -0.15) is 4.31 Å². The number of nitrogens with zero attached hydrogens (tertiary/aromatic N) is 4. The molecule has 2 aromatic carbocycles. The smallest absolute Gasteiger partial charge is 0.244 e. The predicted molar refractivity (Wildman–Crippen MR) is 124 cm³/mol. The number of rotatable bonds is 6. The molecule has 0 aliphatic carbocycles. The first-order valence-corrected chi connectivity index (χ1v) is 12.6. The summed E-state index contributed by atoms with van der Waals surface area (Å²) >= 11 is 1.47. The summed E-state index contributed by atoms with van der Waals surface area (Å²) in [5.74, 6) is 0.398. The number of para-hydroxylation sites is 2. The zero-order chi connectivity index (χ0) is 22.1. The summed E-state index contributed by atoms with van der Waals surface area (Å²) in [6.45, 7) is 1.17. The van der Waals surface area contributed by atoms with Gasteiger partial charge in [-0.25, -0.2) is 18.4 Å². The third kappa shape index (κ3) is 3.92. The van der Waals surface area contributed by atoms with E-state index in [0.29, 0.717) is 24.6 Å². The van der Waals surface area contributed by atoms with E-state index in [1.54, 1.807) is 17.6 Å². The summed E-state index contributed by atoms with van der Waals surface area (Å²) in [6, 6.07) is 13.9. The first-order valence-electron chi connectivity index (χ1n) is 10.3. The van der Waals surface area contributed by atoms with Crippen molar-refractivity contribution in [3.8, 4) is 11.5 Å². The van der Waals surface area contributed by atoms with Gasteiger partial charge in [-0.1, -0.05) is 12.1 Å². The van der Waals surface area contributed by atoms with Crippen molar-refractivity contribution in [3.63, 3.8) is 0 Å². The lowest BCUT2D eigenvalue weighted by molar-refractivity contribution is -0.116. The molecule has 5 rings (SSSR count). The van der Waals surface area contributed by atoms with Crippen molar-refractivity contribution in [2.75, 3.05) is 18.4 Å². The monoisotopic (exact) mass is 467 g/mol. The lowest BCUT2D eigenvalue weighted by Crippen LogP contribution is -2.27. The predicted octanol–water partition coefficient (Wildman–Crippen LogP) is 3.58. The van der Waals surface area contributed by atoms with Gasteiger partial charge in [0.2, 0.25) is 15.9 Å². The molecule has 1 saturated heterocycles. The maximum atomic E-state index is 12.8. The molecule has 8 nitrogen and oxygen atoms in total. The van der Waals surface area contributed by atoms with E-state index in [2.05, 4.69) is 15.3 Å². The molecule has 1 fully saturated rings. The van der Waals surface area contributed by atoms with Gasteiger partial charge in [-0.15, -0.1) is 11.3 Å². The topological polar surface area (TPSA) is 97.2 Å². The highest BCUT2D eigenvalue weighted by atomic mass is 32.2. The van der Waals surface area contributed by atoms with E-state index >= 15 is 0 Å². The second-order valence-electron chi connectivity index (χ2n) is 7.57. The van der Waals surface area contributed by atoms with Crippen LogP contribution in [0.1, 0.15) is 12.8 Å². The molecule has 0 saturated carbocycles. The van der Waals surface area contributed by atoms with Gasteiger partial charge < -0.3 is 9.88 Å². The first kappa shape index (κ1) is 20.8. The summed E-state index contributed by atoms with van der Waals surface area (Å²) in [6.07, 6.45) is 1.78. The van der Waals surface area contributed by atoms with Crippen molar-refractivity contribution in [1.82, 2.24) is 18.8 Å². The fourth-order valence-electron chi connectivity index (χ4n) is 3.89. The molecular formula is C22H21N5O3S2. The Kier molecular flexibility index (Phi) is 5.50. The second kappa shape index (κ2) is 8.45. The quantitative estimate of drug-likeness (QED) is 0.467. The minimum atomic E-state index is -3.48. The van der Waals surface area contributed by atoms with Crippen LogP contribution in [-0.2, 0) is 21.4 Å². The van der Waals surface area contributed by atoms with Gasteiger partial charge >= 0.3 is 0 Å². The van der Waals surface area contributed by atoms with Crippen molar-refractivity contribution >= 4 is 44.0 Å². The number of fused-ring (bicyclic) bond motifs is 1. The van der Waals surface area contributed by atoms with E-state index in [-0.39, 0.29) is 17.3 Å². The molecule has 1 amide bonds. The Morgan fingerprint density at radius 1 is 1.06 bits per heavy atom. The van der Waals surface area contributed by atoms with Crippen LogP contribution in [0.2, 0.25) is 0 Å². The molecule has 0 unspecified atom stereocenters. The van der Waals surface area contributed by atoms with Crippen molar-refractivity contribution in [2.45, 2.75) is 24.3 Å². The molecule has 1 aliphatic heterocycles. The van der Waals surface area contributed by atoms with Gasteiger partial charge in [0.25, 0.3) is 0 Å². The number of carbonyl (C=O) groups is 1. The number of imidazole rings is 1. The standard InChI is InChI=1S/C22H21N5O3S2/c28-21(24-16-7-9-17(10-8-16)32(29,30)26-11-3-4-12-26)13-27-20-6-2-1-5-18(20)25-22(27)19-14-31-15-23-19/h1-2,5-10,14-15H,3-4,11-13H2,(H,24,28). The van der Waals surface area contributed by atoms with E-state index < -0.39 is 10.0 Å². The van der Waals surface area contributed by atoms with Crippen LogP contribution in [0.5, 0.6) is 0 Å². The number of sulfonamides is 1. The average molecular weight is 468 g/mol. The first-order chi connectivity index (χ1) is 15.5. The van der Waals surface area contributed by atoms with Crippen LogP contribution in [0.15, 0.2) is 64.3 Å². The molecule has 32 heavy (non-hydrogen) atoms. The molecule has 164 valence electrons. The molecule has 0 atom stereocenters. The number of thiazole rings is 1. The lowest BCUT2D eigenvalue weighted by Gasteiger charge is -2.15. The Morgan fingerprint density at radius 3 is 2.53 bits per heavy atom. The normalized spacial score (nSPS) is 14.8. The summed E-state index contributed by atoms with van der Waals surface area (Å²) in [5, 5.41) is 4.75. The zero-order valence-electron chi connectivity index (χ0n) is 17.1. The highest BCUT2D eigenvalue weighted by Crippen LogP contribution is 2.25. The summed E-state index contributed by atoms with van der Waals surface area (Å²) in [4.78, 5) is 22.1. The number of aromatic nitrogens is 3. The molecule has 0 bridgehead atoms. The highest BCUT2D eigenvalue weighted by molar-refractivity contribution is 7.89. The van der Waals surface area contributed by atoms with Gasteiger partial charge in [0.15, 0.2) is 5.82 Å². The van der Waals surface area contributed by atoms with E-state index in [1.165, 1.54) is 27.8 Å². The fraction of sp³-hybridized carbons (Fsp3) is 0.227. The van der Waals surface area contributed by atoms with Gasteiger partial charge in [0.05, 0.1) is 21.4 Å². The van der Waals surface area contributed by atoms with Gasteiger partial charge in [-0.05, 0) is 49.2 Å². The van der Waals surface area contributed by atoms with E-state index in [4.69, 9.17) is 0 Å². The Balaban J connectivity index is 1.35. The van der Waals surface area contributed by atoms with E-state index in [1.807, 2.05) is 34.2 Å². The van der Waals surface area contributed by atoms with Crippen LogP contribution in [0, 0.1) is 0 Å². The number of hydrogen-bond donors (Lipinski definition) is 1. The molecule has 10 heteroatoms. The van der Waals surface area contributed by atoms with E-state index in [9.17, 15) is 13.2 Å². The third-order valence-corrected chi connectivity index (χ3v) is 7.96. The van der Waals surface area contributed by atoms with Crippen LogP contribution >= 0.6 is 11.3 Å². The molecule has 0 spiro atoms. The Hall–Kier alpha value is -3.08. The number of nitrogens with one attached hydrogen (secondary N) is 1. The van der Waals surface area contributed by atoms with Gasteiger partial charge in [0, 0.05) is 24.2 Å². The fourth-order valence-corrected chi connectivity index (χ4v) is 5.93. The van der Waals surface area contributed by atoms with Crippen molar-refractivity contribution < 1.29 is 13.2 Å². The average Bonchev–Trinajstić information content (AvgIpc) is 3.56. The third-order valence-electron chi connectivity index (χ3n) is 5.46. The minimum Gasteiger partial charge on any atom is -0.325 e. The molecule has 0 radical (unpaired) electrons. The molecule has 1 N–H and O–H groups in total. The number of carbonyl (C=O) groups excluding carboxylic acids is 1. The van der Waals surface area contributed by atoms with Crippen molar-refractivity contribution in [3.05, 3.63) is 59.4 Å². The van der Waals surface area contributed by atoms with Crippen LogP contribution in [0.25, 0.3) is 22.6 Å². The zero-order valence-corrected chi connectivity index (χ0v) is 18.8. The maximum Gasteiger partial charge on any atom is 0.244 e. The Morgan fingerprint density at radius 2 is 1.81 bits per heavy atom. The lowest BCUT2D eigenvalue weighted by atomic mass is 10.3. The molecule has 4 aromatic rings. The molecule has 1 aliphatic rings. The number of benzene rings is 2. The molecule has 3 heterocycles. The summed E-state index contributed by atoms with van der Waals surface area (Å²) in [7, 11) is -3.48. The second-order valence-corrected chi connectivity index (χ2v) is 10.2. The number of amides is 1. The Labute approximate surface area is 189 Å². The maximum absolute atomic E-state index is 12.8. The van der Waals surface area contributed by atoms with Gasteiger partial charge in [-0.3, -0.25) is 4.79 Å². The van der Waals surface area contributed by atoms with Crippen LogP contribution < -0.4 is 5.32 Å². The van der Waals surface area contributed by atoms with Crippen LogP contribution in [-0.4, -0.2) is 46.3 Å². The van der Waals surface area contributed by atoms with Gasteiger partial charge in [0.1, 0.15) is 12.2 Å². The van der Waals surface area contributed by atoms with Crippen molar-refractivity contribution in [2.24, 2.45) is 0 Å². The largest absolute Gasteiger partial charge is 0.325 e.